The van der Waals surface area contributed by atoms with Gasteiger partial charge in [0, 0.05) is 5.56 Å². The lowest BCUT2D eigenvalue weighted by Crippen LogP contribution is -2.00. The quantitative estimate of drug-likeness (QED) is 0.672. The molecule has 0 heterocycles. The van der Waals surface area contributed by atoms with Gasteiger partial charge in [0.1, 0.15) is 5.75 Å². The highest BCUT2D eigenvalue weighted by molar-refractivity contribution is 5.47. The number of aryl methyl sites for hydroxylation is 1. The highest BCUT2D eigenvalue weighted by atomic mass is 16.6. The average molecular weight is 179 g/mol. The Kier molecular flexibility index (Phi) is 2.20. The van der Waals surface area contributed by atoms with E-state index in [1.54, 1.807) is 0 Å². The van der Waals surface area contributed by atoms with E-state index in [4.69, 9.17) is 5.90 Å². The van der Waals surface area contributed by atoms with E-state index in [0.717, 1.165) is 30.4 Å². The van der Waals surface area contributed by atoms with Crippen molar-refractivity contribution in [3.63, 3.8) is 0 Å². The number of benzene rings is 1. The van der Waals surface area contributed by atoms with Gasteiger partial charge in [-0.15, -0.1) is 0 Å². The summed E-state index contributed by atoms with van der Waals surface area (Å²) in [6.07, 6.45) is 3.18. The molecule has 3 nitrogen and oxygen atoms in total. The molecule has 0 saturated heterocycles. The number of rotatable bonds is 2. The van der Waals surface area contributed by atoms with Crippen LogP contribution < -0.4 is 5.90 Å². The molecule has 3 heteroatoms. The minimum Gasteiger partial charge on any atom is -0.507 e. The van der Waals surface area contributed by atoms with Crippen LogP contribution in [0.1, 0.15) is 23.1 Å². The molecule has 0 aromatic heterocycles. The van der Waals surface area contributed by atoms with Crippen molar-refractivity contribution in [3.8, 4) is 5.75 Å². The zero-order chi connectivity index (χ0) is 9.26. The van der Waals surface area contributed by atoms with Gasteiger partial charge < -0.3 is 5.11 Å². The Morgan fingerprint density at radius 1 is 1.38 bits per heavy atom. The molecule has 0 radical (unpaired) electrons. The van der Waals surface area contributed by atoms with Crippen LogP contribution in [0.15, 0.2) is 12.1 Å². The SMILES string of the molecule is NOCc1ccc2c(c1O)CCC2. The van der Waals surface area contributed by atoms with Gasteiger partial charge in [-0.1, -0.05) is 12.1 Å². The minimum atomic E-state index is 0.277. The maximum atomic E-state index is 9.81. The number of hydrogen-bond acceptors (Lipinski definition) is 3. The van der Waals surface area contributed by atoms with Crippen LogP contribution >= 0.6 is 0 Å². The molecule has 0 saturated carbocycles. The third-order valence-electron chi connectivity index (χ3n) is 2.58. The summed E-state index contributed by atoms with van der Waals surface area (Å²) in [5, 5.41) is 9.81. The summed E-state index contributed by atoms with van der Waals surface area (Å²) < 4.78 is 0. The molecule has 2 rings (SSSR count). The summed E-state index contributed by atoms with van der Waals surface area (Å²) in [5.74, 6) is 5.34. The van der Waals surface area contributed by atoms with E-state index >= 15 is 0 Å². The van der Waals surface area contributed by atoms with E-state index < -0.39 is 0 Å². The number of fused-ring (bicyclic) bond motifs is 1. The molecule has 1 aliphatic carbocycles. The van der Waals surface area contributed by atoms with Crippen molar-refractivity contribution in [1.82, 2.24) is 0 Å². The fourth-order valence-electron chi connectivity index (χ4n) is 1.90. The maximum absolute atomic E-state index is 9.81. The van der Waals surface area contributed by atoms with Crippen LogP contribution in [0.3, 0.4) is 0 Å². The second kappa shape index (κ2) is 3.36. The first kappa shape index (κ1) is 8.53. The van der Waals surface area contributed by atoms with Gasteiger partial charge in [-0.25, -0.2) is 5.90 Å². The number of nitrogens with two attached hydrogens (primary N) is 1. The Hall–Kier alpha value is -1.06. The number of phenolic OH excluding ortho intramolecular Hbond substituents is 1. The molecule has 0 bridgehead atoms. The lowest BCUT2D eigenvalue weighted by atomic mass is 10.1. The van der Waals surface area contributed by atoms with E-state index in [0.29, 0.717) is 5.75 Å². The predicted octanol–water partition coefficient (Wildman–Crippen LogP) is 1.27. The van der Waals surface area contributed by atoms with Crippen molar-refractivity contribution < 1.29 is 9.94 Å². The van der Waals surface area contributed by atoms with Crippen LogP contribution in [0.2, 0.25) is 0 Å². The first-order chi connectivity index (χ1) is 6.33. The molecule has 0 spiro atoms. The van der Waals surface area contributed by atoms with Gasteiger partial charge in [-0.3, -0.25) is 4.84 Å². The Labute approximate surface area is 77.1 Å². The highest BCUT2D eigenvalue weighted by Crippen LogP contribution is 2.32. The fraction of sp³-hybridized carbons (Fsp3) is 0.400. The topological polar surface area (TPSA) is 55.5 Å². The normalized spacial score (nSPS) is 14.5. The van der Waals surface area contributed by atoms with E-state index in [1.807, 2.05) is 6.07 Å². The van der Waals surface area contributed by atoms with Crippen LogP contribution in [-0.2, 0) is 24.3 Å². The Balaban J connectivity index is 2.40. The van der Waals surface area contributed by atoms with Crippen LogP contribution in [-0.4, -0.2) is 5.11 Å². The van der Waals surface area contributed by atoms with Crippen molar-refractivity contribution in [3.05, 3.63) is 28.8 Å². The lowest BCUT2D eigenvalue weighted by molar-refractivity contribution is 0.122. The van der Waals surface area contributed by atoms with Gasteiger partial charge in [0.15, 0.2) is 0 Å². The van der Waals surface area contributed by atoms with E-state index in [-0.39, 0.29) is 6.61 Å². The number of hydrogen-bond donors (Lipinski definition) is 2. The smallest absolute Gasteiger partial charge is 0.124 e. The molecule has 13 heavy (non-hydrogen) atoms. The first-order valence-corrected chi connectivity index (χ1v) is 4.47. The van der Waals surface area contributed by atoms with Gasteiger partial charge in [-0.05, 0) is 30.4 Å². The molecule has 0 fully saturated rings. The molecule has 0 amide bonds. The van der Waals surface area contributed by atoms with Crippen molar-refractivity contribution in [2.45, 2.75) is 25.9 Å². The van der Waals surface area contributed by atoms with Crippen molar-refractivity contribution in [2.75, 3.05) is 0 Å². The fourth-order valence-corrected chi connectivity index (χ4v) is 1.90. The van der Waals surface area contributed by atoms with Crippen LogP contribution in [0.25, 0.3) is 0 Å². The van der Waals surface area contributed by atoms with Crippen molar-refractivity contribution in [2.24, 2.45) is 5.90 Å². The first-order valence-electron chi connectivity index (χ1n) is 4.47. The summed E-state index contributed by atoms with van der Waals surface area (Å²) in [7, 11) is 0. The van der Waals surface area contributed by atoms with Gasteiger partial charge in [0.05, 0.1) is 6.61 Å². The standard InChI is InChI=1S/C10H13NO2/c11-13-6-8-5-4-7-2-1-3-9(7)10(8)12/h4-5,12H,1-3,6,11H2. The van der Waals surface area contributed by atoms with Gasteiger partial charge in [0.2, 0.25) is 0 Å². The molecule has 0 atom stereocenters. The van der Waals surface area contributed by atoms with E-state index in [2.05, 4.69) is 10.9 Å². The molecule has 1 aromatic rings. The Morgan fingerprint density at radius 3 is 3.00 bits per heavy atom. The van der Waals surface area contributed by atoms with Gasteiger partial charge in [0.25, 0.3) is 0 Å². The van der Waals surface area contributed by atoms with E-state index in [9.17, 15) is 5.11 Å². The molecule has 1 aromatic carbocycles. The largest absolute Gasteiger partial charge is 0.507 e. The average Bonchev–Trinajstić information content (AvgIpc) is 2.58. The summed E-state index contributed by atoms with van der Waals surface area (Å²) in [4.78, 5) is 4.51. The molecular weight excluding hydrogens is 166 g/mol. The summed E-state index contributed by atoms with van der Waals surface area (Å²) in [6, 6.07) is 3.93. The molecule has 70 valence electrons. The molecular formula is C10H13NO2. The monoisotopic (exact) mass is 179 g/mol. The molecule has 3 N–H and O–H groups in total. The highest BCUT2D eigenvalue weighted by Gasteiger charge is 2.16. The Bertz CT molecular complexity index is 323. The van der Waals surface area contributed by atoms with Crippen molar-refractivity contribution in [1.29, 1.82) is 0 Å². The lowest BCUT2D eigenvalue weighted by Gasteiger charge is -2.07. The van der Waals surface area contributed by atoms with E-state index in [1.165, 1.54) is 5.56 Å². The number of aromatic hydroxyl groups is 1. The predicted molar refractivity (Wildman–Crippen MR) is 49.1 cm³/mol. The van der Waals surface area contributed by atoms with Crippen LogP contribution in [0, 0.1) is 0 Å². The molecule has 0 unspecified atom stereocenters. The Morgan fingerprint density at radius 2 is 2.23 bits per heavy atom. The second-order valence-electron chi connectivity index (χ2n) is 3.38. The third-order valence-corrected chi connectivity index (χ3v) is 2.58. The molecule has 0 aliphatic heterocycles. The zero-order valence-corrected chi connectivity index (χ0v) is 7.42. The minimum absolute atomic E-state index is 0.277. The molecule has 1 aliphatic rings. The second-order valence-corrected chi connectivity index (χ2v) is 3.38. The maximum Gasteiger partial charge on any atom is 0.124 e. The van der Waals surface area contributed by atoms with Gasteiger partial charge >= 0.3 is 0 Å². The van der Waals surface area contributed by atoms with Crippen molar-refractivity contribution >= 4 is 0 Å². The summed E-state index contributed by atoms with van der Waals surface area (Å²) in [5.41, 5.74) is 3.12. The van der Waals surface area contributed by atoms with Crippen LogP contribution in [0.5, 0.6) is 5.75 Å². The van der Waals surface area contributed by atoms with Gasteiger partial charge in [-0.2, -0.15) is 0 Å². The zero-order valence-electron chi connectivity index (χ0n) is 7.42. The third kappa shape index (κ3) is 1.41. The summed E-state index contributed by atoms with van der Waals surface area (Å²) in [6.45, 7) is 0.277. The summed E-state index contributed by atoms with van der Waals surface area (Å²) >= 11 is 0. The van der Waals surface area contributed by atoms with Crippen LogP contribution in [0.4, 0.5) is 0 Å². The number of phenols is 1.